The summed E-state index contributed by atoms with van der Waals surface area (Å²) >= 11 is 0. The number of unbranched alkanes of at least 4 members (excludes halogenated alkanes) is 4. The van der Waals surface area contributed by atoms with Gasteiger partial charge in [-0.3, -0.25) is 43.7 Å². The van der Waals surface area contributed by atoms with Crippen molar-refractivity contribution >= 4 is 59.8 Å². The van der Waals surface area contributed by atoms with E-state index in [2.05, 4.69) is 71.1 Å². The fourth-order valence-electron chi connectivity index (χ4n) is 6.50. The van der Waals surface area contributed by atoms with Crippen molar-refractivity contribution in [3.63, 3.8) is 0 Å². The van der Waals surface area contributed by atoms with E-state index < -0.39 is 96.8 Å². The van der Waals surface area contributed by atoms with Gasteiger partial charge in [-0.05, 0) is 75.9 Å². The van der Waals surface area contributed by atoms with E-state index in [1.807, 2.05) is 6.07 Å². The molecule has 0 saturated carbocycles. The van der Waals surface area contributed by atoms with Crippen LogP contribution in [0.5, 0.6) is 0 Å². The van der Waals surface area contributed by atoms with Crippen LogP contribution in [-0.4, -0.2) is 171 Å². The molecule has 0 unspecified atom stereocenters. The number of hydrogen-bond donors (Lipinski definition) is 12. The van der Waals surface area contributed by atoms with Crippen LogP contribution in [0.25, 0.3) is 0 Å². The predicted octanol–water partition coefficient (Wildman–Crippen LogP) is 1.36. The van der Waals surface area contributed by atoms with E-state index in [0.717, 1.165) is 11.4 Å². The average molecular weight is 1520 g/mol. The Morgan fingerprint density at radius 1 is 0.422 bits per heavy atom. The normalized spacial score (nSPS) is 10.5. The number of urea groups is 2. The average Bonchev–Trinajstić information content (AvgIpc) is 3.43. The molecule has 2 heterocycles. The van der Waals surface area contributed by atoms with Crippen LogP contribution in [0.1, 0.15) is 94.9 Å². The third-order valence-corrected chi connectivity index (χ3v) is 9.80. The molecule has 32 nitrogen and oxygen atoms in total. The van der Waals surface area contributed by atoms with Gasteiger partial charge in [0.05, 0.1) is 30.9 Å². The number of carbonyl (C=O) groups is 10. The summed E-state index contributed by atoms with van der Waals surface area (Å²) in [6.07, 6.45) is 5.10. The second kappa shape index (κ2) is 63.5. The number of carbonyl (C=O) groups excluding carboxylic acids is 2. The van der Waals surface area contributed by atoms with E-state index in [4.69, 9.17) is 63.7 Å². The first-order valence-electron chi connectivity index (χ1n) is 23.0. The monoisotopic (exact) mass is 1520 g/mol. The molecule has 0 saturated heterocycles. The molecule has 0 aliphatic rings. The summed E-state index contributed by atoms with van der Waals surface area (Å²) in [5.74, 6) is -9.62. The number of amides is 4. The molecule has 0 bridgehead atoms. The SMILES string of the molecule is O=C(O)CC[C@H](NC(=O)N[C@@H](CCCCCN(CC(=O)O)Cc1ccccn1)C(=O)O)C(=O)O.O=C(O)CC[C@H](NC(=O)N[C@@H](CCCCCN(CC(=O)O)Cc1ccccn1)CC(=O)O)C(=O)O.[C-]#[O+].[C-]#[O+].[C-]#[O+].[C-]#[O+].[C-]#[O+].[C-]#[O+].[Re].[Re]. The molecule has 0 aliphatic heterocycles. The molecular formula is C49H62N8O24Re2. The van der Waals surface area contributed by atoms with E-state index >= 15 is 0 Å². The van der Waals surface area contributed by atoms with Crippen molar-refractivity contribution in [3.05, 3.63) is 100 Å². The van der Waals surface area contributed by atoms with E-state index in [0.29, 0.717) is 71.1 Å². The zero-order valence-electron chi connectivity index (χ0n) is 44.0. The number of aliphatic carboxylic acids is 8. The minimum atomic E-state index is -1.47. The van der Waals surface area contributed by atoms with Crippen LogP contribution in [0.15, 0.2) is 48.8 Å². The molecule has 0 spiro atoms. The molecule has 4 atom stereocenters. The van der Waals surface area contributed by atoms with Crippen LogP contribution < -0.4 is 21.3 Å². The Morgan fingerprint density at radius 2 is 0.747 bits per heavy atom. The van der Waals surface area contributed by atoms with Crippen LogP contribution in [0.4, 0.5) is 9.59 Å². The molecular weight excluding hydrogens is 1460 g/mol. The maximum absolute atomic E-state index is 12.2. The zero-order valence-corrected chi connectivity index (χ0v) is 49.4. The summed E-state index contributed by atoms with van der Waals surface area (Å²) < 4.78 is 45.0. The van der Waals surface area contributed by atoms with Crippen LogP contribution in [0, 0.1) is 39.9 Å². The third kappa shape index (κ3) is 57.3. The van der Waals surface area contributed by atoms with Crippen LogP contribution in [-0.2, 0) is 120 Å². The Kier molecular flexibility index (Phi) is 70.2. The van der Waals surface area contributed by atoms with Gasteiger partial charge in [-0.1, -0.05) is 37.8 Å². The standard InChI is InChI=1S/C22H32N4O9.C21H30N4O9.6CO.2Re/c27-18(28)9-8-17(21(33)34)25-22(35)24-15(12-19(29)30)6-2-1-5-11-26(14-20(31)32)13-16-7-3-4-10-23-16;26-17(27)9-8-16(20(32)33)24-21(34)23-15(19(30)31)7-2-1-5-11-25(13-18(28)29)12-14-6-3-4-10-22-14;6*1-2;;/h3-4,7,10,15,17H,1-2,5-6,8-9,11-14H2,(H,27,28)(H,29,30)(H,31,32)(H,33,34)(H2,24,25,35);3-4,6,10,15-16H,1-2,5,7-9,11-13H2,(H,26,27)(H,28,29)(H,30,31)(H,32,33)(H2,23,24,34);;;;;;;;/t15-,17-;15-,16-;;;;;;;;/m00......../s1. The Bertz CT molecular complexity index is 2230. The van der Waals surface area contributed by atoms with Gasteiger partial charge in [-0.2, -0.15) is 0 Å². The first kappa shape index (κ1) is 91.8. The van der Waals surface area contributed by atoms with E-state index in [-0.39, 0.29) is 79.6 Å². The van der Waals surface area contributed by atoms with Gasteiger partial charge in [-0.15, -0.1) is 0 Å². The second-order valence-electron chi connectivity index (χ2n) is 15.6. The van der Waals surface area contributed by atoms with Crippen molar-refractivity contribution in [1.29, 1.82) is 0 Å². The van der Waals surface area contributed by atoms with E-state index in [9.17, 15) is 53.1 Å². The molecule has 2 aromatic rings. The fourth-order valence-corrected chi connectivity index (χ4v) is 6.50. The zero-order chi connectivity index (χ0) is 63.7. The van der Waals surface area contributed by atoms with Crippen LogP contribution >= 0.6 is 0 Å². The van der Waals surface area contributed by atoms with Crippen molar-refractivity contribution in [3.8, 4) is 0 Å². The molecule has 456 valence electrons. The van der Waals surface area contributed by atoms with Crippen molar-refractivity contribution in [2.45, 2.75) is 121 Å². The maximum Gasteiger partial charge on any atom is 0 e. The largest absolute Gasteiger partial charge is 0 e. The quantitative estimate of drug-likeness (QED) is 0.0263. The van der Waals surface area contributed by atoms with Gasteiger partial charge in [0.25, 0.3) is 0 Å². The van der Waals surface area contributed by atoms with Crippen molar-refractivity contribution in [2.75, 3.05) is 26.2 Å². The second-order valence-corrected chi connectivity index (χ2v) is 15.6. The summed E-state index contributed by atoms with van der Waals surface area (Å²) in [5, 5.41) is 81.1. The number of rotatable bonds is 35. The van der Waals surface area contributed by atoms with Gasteiger partial charge in [0.1, 0.15) is 18.1 Å². The summed E-state index contributed by atoms with van der Waals surface area (Å²) in [4.78, 5) is 124. The minimum Gasteiger partial charge on any atom is 0 e. The number of hydrogen-bond acceptors (Lipinski definition) is 14. The van der Waals surface area contributed by atoms with Crippen molar-refractivity contribution in [2.24, 2.45) is 0 Å². The van der Waals surface area contributed by atoms with Gasteiger partial charge in [0.15, 0.2) is 0 Å². The smallest absolute Gasteiger partial charge is 0 e. The van der Waals surface area contributed by atoms with Gasteiger partial charge in [0, 0.05) is 85.2 Å². The molecule has 2 rings (SSSR count). The Labute approximate surface area is 503 Å². The molecule has 12 N–H and O–H groups in total. The van der Waals surface area contributed by atoms with Gasteiger partial charge in [0.2, 0.25) is 0 Å². The molecule has 2 aromatic heterocycles. The first-order valence-corrected chi connectivity index (χ1v) is 23.0. The van der Waals surface area contributed by atoms with Gasteiger partial charge >= 0.3 is 128 Å². The molecule has 2 radical (unpaired) electrons. The van der Waals surface area contributed by atoms with E-state index in [1.54, 1.807) is 52.5 Å². The molecule has 0 fully saturated rings. The Morgan fingerprint density at radius 3 is 1.04 bits per heavy atom. The first-order chi connectivity index (χ1) is 38.6. The number of carboxylic acids is 8. The number of nitrogens with one attached hydrogen (secondary N) is 4. The molecule has 4 amide bonds. The summed E-state index contributed by atoms with van der Waals surface area (Å²) in [5.41, 5.74) is 1.47. The molecule has 0 aromatic carbocycles. The number of carboxylic acid groups (broad SMARTS) is 8. The van der Waals surface area contributed by atoms with Crippen molar-refractivity contribution < 1.29 is 158 Å². The fraction of sp³-hybridized carbons (Fsp3) is 0.469. The van der Waals surface area contributed by atoms with Crippen molar-refractivity contribution in [1.82, 2.24) is 41.0 Å². The topological polar surface area (TPSA) is 532 Å². The molecule has 34 heteroatoms. The summed E-state index contributed by atoms with van der Waals surface area (Å²) in [6, 6.07) is 3.92. The number of pyridine rings is 2. The minimum absolute atomic E-state index is 0. The Hall–Kier alpha value is -7.72. The van der Waals surface area contributed by atoms with Crippen LogP contribution in [0.3, 0.4) is 0 Å². The third-order valence-electron chi connectivity index (χ3n) is 9.80. The predicted molar refractivity (Wildman–Crippen MR) is 262 cm³/mol. The molecule has 83 heavy (non-hydrogen) atoms. The Balaban J connectivity index is -0.000000187. The van der Waals surface area contributed by atoms with Gasteiger partial charge < -0.3 is 62.1 Å². The van der Waals surface area contributed by atoms with Gasteiger partial charge in [-0.25, -0.2) is 24.0 Å². The molecule has 0 aliphatic carbocycles. The number of aromatic nitrogens is 2. The maximum atomic E-state index is 12.2. The summed E-state index contributed by atoms with van der Waals surface area (Å²) in [7, 11) is 0. The van der Waals surface area contributed by atoms with Crippen LogP contribution in [0.2, 0.25) is 0 Å². The van der Waals surface area contributed by atoms with E-state index in [1.165, 1.54) is 0 Å². The number of nitrogens with zero attached hydrogens (tertiary/aromatic N) is 4. The summed E-state index contributed by atoms with van der Waals surface area (Å²) in [6.45, 7) is 28.4.